The van der Waals surface area contributed by atoms with Crippen LogP contribution in [0.15, 0.2) is 48.8 Å². The Morgan fingerprint density at radius 1 is 0.925 bits per heavy atom. The van der Waals surface area contributed by atoms with E-state index in [4.69, 9.17) is 0 Å². The fraction of sp³-hybridized carbons (Fsp3) is 0.500. The number of rotatable bonds is 7. The smallest absolute Gasteiger partial charge is 0.254 e. The van der Waals surface area contributed by atoms with Crippen LogP contribution in [0.2, 0.25) is 0 Å². The van der Waals surface area contributed by atoms with Crippen LogP contribution in [0.1, 0.15) is 47.4 Å². The number of hydrogen-bond donors (Lipinski definition) is 1. The highest BCUT2D eigenvalue weighted by molar-refractivity contribution is 6.03. The lowest BCUT2D eigenvalue weighted by Crippen LogP contribution is -2.53. The van der Waals surface area contributed by atoms with Crippen LogP contribution < -0.4 is 10.2 Å². The lowest BCUT2D eigenvalue weighted by Gasteiger charge is -2.34. The number of Topliss-reactive ketones (excluding diaryl/α,β-unsaturated/α-hetero) is 1. The Morgan fingerprint density at radius 3 is 2.25 bits per heavy atom. The zero-order valence-corrected chi connectivity index (χ0v) is 23.5. The van der Waals surface area contributed by atoms with E-state index in [1.54, 1.807) is 46.5 Å². The molecule has 3 atom stereocenters. The molecule has 0 saturated carbocycles. The van der Waals surface area contributed by atoms with Gasteiger partial charge in [-0.3, -0.25) is 24.2 Å². The molecule has 0 radical (unpaired) electrons. The van der Waals surface area contributed by atoms with Crippen molar-refractivity contribution in [2.45, 2.75) is 44.8 Å². The molecule has 10 nitrogen and oxygen atoms in total. The second-order valence-electron chi connectivity index (χ2n) is 11.5. The van der Waals surface area contributed by atoms with E-state index < -0.39 is 12.1 Å². The molecule has 4 heterocycles. The predicted molar refractivity (Wildman–Crippen MR) is 151 cm³/mol. The summed E-state index contributed by atoms with van der Waals surface area (Å²) in [6.45, 7) is 8.21. The van der Waals surface area contributed by atoms with Gasteiger partial charge in [-0.15, -0.1) is 0 Å². The van der Waals surface area contributed by atoms with Crippen molar-refractivity contribution in [3.63, 3.8) is 0 Å². The second kappa shape index (κ2) is 11.8. The summed E-state index contributed by atoms with van der Waals surface area (Å²) in [6.07, 6.45) is 4.07. The first-order valence-electron chi connectivity index (χ1n) is 14.1. The van der Waals surface area contributed by atoms with Crippen LogP contribution in [0.5, 0.6) is 0 Å². The molecule has 0 bridgehead atoms. The highest BCUT2D eigenvalue weighted by atomic mass is 16.2. The van der Waals surface area contributed by atoms with Crippen LogP contribution in [-0.4, -0.2) is 108 Å². The summed E-state index contributed by atoms with van der Waals surface area (Å²) >= 11 is 0. The molecule has 1 N–H and O–H groups in total. The number of fused-ring (bicyclic) bond motifs is 1. The Kier molecular flexibility index (Phi) is 8.16. The van der Waals surface area contributed by atoms with Gasteiger partial charge in [-0.1, -0.05) is 13.8 Å². The summed E-state index contributed by atoms with van der Waals surface area (Å²) in [6, 6.07) is 8.95. The number of carbonyl (C=O) groups is 4. The summed E-state index contributed by atoms with van der Waals surface area (Å²) in [5, 5.41) is 2.95. The Labute approximate surface area is 235 Å². The van der Waals surface area contributed by atoms with E-state index >= 15 is 0 Å². The Bertz CT molecular complexity index is 1240. The van der Waals surface area contributed by atoms with Crippen molar-refractivity contribution in [3.8, 4) is 0 Å². The van der Waals surface area contributed by atoms with Crippen LogP contribution >= 0.6 is 0 Å². The number of likely N-dealkylation sites (tertiary alicyclic amines) is 2. The second-order valence-corrected chi connectivity index (χ2v) is 11.5. The van der Waals surface area contributed by atoms with Gasteiger partial charge in [-0.2, -0.15) is 0 Å². The number of anilines is 1. The lowest BCUT2D eigenvalue weighted by atomic mass is 10.0. The third-order valence-corrected chi connectivity index (χ3v) is 8.20. The molecular weight excluding hydrogens is 508 g/mol. The first-order chi connectivity index (χ1) is 19.2. The highest BCUT2D eigenvalue weighted by Crippen LogP contribution is 2.32. The van der Waals surface area contributed by atoms with Gasteiger partial charge in [0.05, 0.1) is 12.6 Å². The monoisotopic (exact) mass is 546 g/mol. The van der Waals surface area contributed by atoms with Gasteiger partial charge in [0.1, 0.15) is 12.1 Å². The molecule has 10 heteroatoms. The minimum absolute atomic E-state index is 0.0267. The van der Waals surface area contributed by atoms with Crippen molar-refractivity contribution in [2.24, 2.45) is 5.92 Å². The van der Waals surface area contributed by atoms with Gasteiger partial charge in [0.15, 0.2) is 5.78 Å². The molecule has 212 valence electrons. The van der Waals surface area contributed by atoms with Gasteiger partial charge < -0.3 is 24.9 Å². The van der Waals surface area contributed by atoms with E-state index in [9.17, 15) is 19.2 Å². The lowest BCUT2D eigenvalue weighted by molar-refractivity contribution is -0.138. The molecule has 3 aliphatic heterocycles. The van der Waals surface area contributed by atoms with Gasteiger partial charge in [0.2, 0.25) is 5.91 Å². The Balaban J connectivity index is 1.27. The number of pyridine rings is 1. The zero-order valence-electron chi connectivity index (χ0n) is 23.5. The summed E-state index contributed by atoms with van der Waals surface area (Å²) < 4.78 is 0. The largest absolute Gasteiger partial charge is 0.369 e. The maximum atomic E-state index is 13.8. The SMILES string of the molecule is CC(C)CC(NC(=O)c1ccc(N2CCN(C)CC2)cc1)C(=O)N1CCC2C1C(=O)CN2C(=O)c1ccncc1. The normalized spacial score (nSPS) is 22.0. The van der Waals surface area contributed by atoms with Crippen LogP contribution in [0.4, 0.5) is 5.69 Å². The number of hydrogen-bond acceptors (Lipinski definition) is 7. The summed E-state index contributed by atoms with van der Waals surface area (Å²) in [5.74, 6) is -0.810. The van der Waals surface area contributed by atoms with Crippen molar-refractivity contribution in [1.29, 1.82) is 0 Å². The van der Waals surface area contributed by atoms with Crippen LogP contribution in [0.3, 0.4) is 0 Å². The first-order valence-corrected chi connectivity index (χ1v) is 14.1. The Morgan fingerprint density at radius 2 is 1.60 bits per heavy atom. The number of likely N-dealkylation sites (N-methyl/N-ethyl adjacent to an activating group) is 1. The zero-order chi connectivity index (χ0) is 28.4. The fourth-order valence-electron chi connectivity index (χ4n) is 6.02. The van der Waals surface area contributed by atoms with Gasteiger partial charge >= 0.3 is 0 Å². The average Bonchev–Trinajstić information content (AvgIpc) is 3.54. The van der Waals surface area contributed by atoms with Gasteiger partial charge in [0.25, 0.3) is 11.8 Å². The maximum absolute atomic E-state index is 13.8. The van der Waals surface area contributed by atoms with E-state index in [0.717, 1.165) is 31.9 Å². The fourth-order valence-corrected chi connectivity index (χ4v) is 6.02. The third-order valence-electron chi connectivity index (χ3n) is 8.20. The number of nitrogens with zero attached hydrogens (tertiary/aromatic N) is 5. The van der Waals surface area contributed by atoms with Crippen LogP contribution in [0, 0.1) is 5.92 Å². The molecule has 1 aromatic carbocycles. The summed E-state index contributed by atoms with van der Waals surface area (Å²) in [7, 11) is 2.11. The van der Waals surface area contributed by atoms with E-state index in [2.05, 4.69) is 27.1 Å². The van der Waals surface area contributed by atoms with Crippen LogP contribution in [-0.2, 0) is 9.59 Å². The quantitative estimate of drug-likeness (QED) is 0.563. The number of piperazine rings is 1. The standard InChI is InChI=1S/C30H38N6O4/c1-20(2)18-24(32-28(38)21-4-6-23(7-5-21)34-16-14-33(3)15-17-34)30(40)35-13-10-25-27(35)26(37)19-36(25)29(39)22-8-11-31-12-9-22/h4-9,11-12,20,24-25,27H,10,13-19H2,1-3H3,(H,32,38). The van der Waals surface area contributed by atoms with E-state index in [1.165, 1.54) is 0 Å². The molecule has 3 amide bonds. The number of ketones is 1. The van der Waals surface area contributed by atoms with Crippen molar-refractivity contribution in [2.75, 3.05) is 51.2 Å². The molecule has 1 aromatic heterocycles. The number of aromatic nitrogens is 1. The molecule has 40 heavy (non-hydrogen) atoms. The number of benzene rings is 1. The third kappa shape index (κ3) is 5.72. The number of nitrogens with one attached hydrogen (secondary N) is 1. The first kappa shape index (κ1) is 27.8. The summed E-state index contributed by atoms with van der Waals surface area (Å²) in [5.41, 5.74) is 2.04. The molecule has 0 aliphatic carbocycles. The van der Waals surface area contributed by atoms with Gasteiger partial charge in [-0.25, -0.2) is 0 Å². The van der Waals surface area contributed by atoms with Crippen molar-refractivity contribution in [3.05, 3.63) is 59.9 Å². The molecule has 3 unspecified atom stereocenters. The number of amides is 3. The number of carbonyl (C=O) groups excluding carboxylic acids is 4. The molecule has 3 aliphatic rings. The predicted octanol–water partition coefficient (Wildman–Crippen LogP) is 1.67. The highest BCUT2D eigenvalue weighted by Gasteiger charge is 2.52. The van der Waals surface area contributed by atoms with Crippen LogP contribution in [0.25, 0.3) is 0 Å². The molecule has 2 aromatic rings. The minimum atomic E-state index is -0.763. The molecular formula is C30H38N6O4. The van der Waals surface area contributed by atoms with E-state index in [0.29, 0.717) is 30.5 Å². The molecule has 0 spiro atoms. The average molecular weight is 547 g/mol. The van der Waals surface area contributed by atoms with Gasteiger partial charge in [-0.05, 0) is 62.2 Å². The van der Waals surface area contributed by atoms with Crippen molar-refractivity contribution >= 4 is 29.2 Å². The van der Waals surface area contributed by atoms with E-state index in [1.807, 2.05) is 26.0 Å². The van der Waals surface area contributed by atoms with E-state index in [-0.39, 0.29) is 42.0 Å². The maximum Gasteiger partial charge on any atom is 0.254 e. The van der Waals surface area contributed by atoms with Crippen molar-refractivity contribution < 1.29 is 19.2 Å². The summed E-state index contributed by atoms with van der Waals surface area (Å²) in [4.78, 5) is 65.0. The van der Waals surface area contributed by atoms with Crippen molar-refractivity contribution in [1.82, 2.24) is 25.0 Å². The molecule has 5 rings (SSSR count). The Hall–Kier alpha value is -3.79. The molecule has 3 saturated heterocycles. The molecule has 3 fully saturated rings. The minimum Gasteiger partial charge on any atom is -0.369 e. The van der Waals surface area contributed by atoms with Gasteiger partial charge in [0, 0.05) is 61.9 Å². The topological polar surface area (TPSA) is 106 Å².